The Morgan fingerprint density at radius 1 is 1.55 bits per heavy atom. The first kappa shape index (κ1) is 7.86. The lowest BCUT2D eigenvalue weighted by Crippen LogP contribution is -2.38. The van der Waals surface area contributed by atoms with Crippen molar-refractivity contribution in [3.8, 4) is 0 Å². The summed E-state index contributed by atoms with van der Waals surface area (Å²) in [6.45, 7) is 3.01. The van der Waals surface area contributed by atoms with Crippen molar-refractivity contribution in [2.75, 3.05) is 25.4 Å². The van der Waals surface area contributed by atoms with Crippen LogP contribution in [0.5, 0.6) is 0 Å². The Hall–Kier alpha value is 0.230. The largest absolute Gasteiger partial charge is 0.392 e. The molecule has 2 aliphatic heterocycles. The Labute approximate surface area is 71.1 Å². The minimum atomic E-state index is -0.0852. The minimum absolute atomic E-state index is 0.0852. The summed E-state index contributed by atoms with van der Waals surface area (Å²) in [5, 5.41) is 12.7. The second-order valence-corrected chi connectivity index (χ2v) is 4.30. The molecule has 0 amide bonds. The van der Waals surface area contributed by atoms with Crippen LogP contribution in [0.25, 0.3) is 0 Å². The summed E-state index contributed by atoms with van der Waals surface area (Å²) in [5.74, 6) is 1.21. The van der Waals surface area contributed by atoms with E-state index in [0.717, 1.165) is 26.1 Å². The lowest BCUT2D eigenvalue weighted by molar-refractivity contribution is 0.170. The first-order valence-electron chi connectivity index (χ1n) is 4.13. The van der Waals surface area contributed by atoms with E-state index in [1.54, 1.807) is 0 Å². The average Bonchev–Trinajstić information content (AvgIpc) is 2.55. The molecule has 2 heterocycles. The fourth-order valence-electron chi connectivity index (χ4n) is 1.63. The molecule has 4 heteroatoms. The molecule has 0 aromatic rings. The molecule has 64 valence electrons. The van der Waals surface area contributed by atoms with Crippen LogP contribution in [0.15, 0.2) is 0 Å². The highest BCUT2D eigenvalue weighted by Crippen LogP contribution is 2.22. The maximum absolute atomic E-state index is 9.28. The number of likely N-dealkylation sites (tertiary alicyclic amines) is 1. The van der Waals surface area contributed by atoms with E-state index in [0.29, 0.717) is 5.50 Å². The van der Waals surface area contributed by atoms with Crippen LogP contribution in [-0.2, 0) is 0 Å². The van der Waals surface area contributed by atoms with Crippen molar-refractivity contribution >= 4 is 11.8 Å². The van der Waals surface area contributed by atoms with E-state index in [4.69, 9.17) is 0 Å². The number of nitrogens with one attached hydrogen (secondary N) is 1. The summed E-state index contributed by atoms with van der Waals surface area (Å²) < 4.78 is 0. The van der Waals surface area contributed by atoms with E-state index in [2.05, 4.69) is 10.2 Å². The van der Waals surface area contributed by atoms with Crippen LogP contribution >= 0.6 is 11.8 Å². The monoisotopic (exact) mass is 174 g/mol. The van der Waals surface area contributed by atoms with Gasteiger partial charge in [0.1, 0.15) is 5.50 Å². The smallest absolute Gasteiger partial charge is 0.108 e. The van der Waals surface area contributed by atoms with Crippen molar-refractivity contribution in [1.82, 2.24) is 10.2 Å². The van der Waals surface area contributed by atoms with Gasteiger partial charge >= 0.3 is 0 Å². The predicted molar refractivity (Wildman–Crippen MR) is 46.4 cm³/mol. The van der Waals surface area contributed by atoms with E-state index >= 15 is 0 Å². The van der Waals surface area contributed by atoms with Crippen LogP contribution in [0.1, 0.15) is 6.42 Å². The van der Waals surface area contributed by atoms with E-state index in [1.165, 1.54) is 5.75 Å². The second kappa shape index (κ2) is 3.31. The first-order chi connectivity index (χ1) is 5.36. The van der Waals surface area contributed by atoms with Crippen LogP contribution in [0, 0.1) is 0 Å². The van der Waals surface area contributed by atoms with Crippen molar-refractivity contribution < 1.29 is 5.11 Å². The number of nitrogens with zero attached hydrogens (tertiary/aromatic N) is 1. The maximum atomic E-state index is 9.28. The zero-order valence-corrected chi connectivity index (χ0v) is 7.31. The molecule has 2 fully saturated rings. The Morgan fingerprint density at radius 3 is 3.00 bits per heavy atom. The highest BCUT2D eigenvalue weighted by atomic mass is 32.2. The molecule has 2 unspecified atom stereocenters. The minimum Gasteiger partial charge on any atom is -0.392 e. The molecular formula is C7H14N2OS. The third kappa shape index (κ3) is 1.69. The number of thioether (sulfide) groups is 1. The SMILES string of the molecule is OC1CCN(C2NCCS2)C1. The van der Waals surface area contributed by atoms with Crippen molar-refractivity contribution in [2.45, 2.75) is 18.0 Å². The topological polar surface area (TPSA) is 35.5 Å². The van der Waals surface area contributed by atoms with E-state index in [1.807, 2.05) is 11.8 Å². The number of β-amino-alcohol motifs (C(OH)–C–C–N with tert-alkyl or cyclic N) is 1. The normalized spacial score (nSPS) is 40.1. The lowest BCUT2D eigenvalue weighted by atomic mass is 10.3. The van der Waals surface area contributed by atoms with Gasteiger partial charge in [-0.2, -0.15) is 0 Å². The quantitative estimate of drug-likeness (QED) is 0.571. The molecule has 0 radical (unpaired) electrons. The van der Waals surface area contributed by atoms with Crippen molar-refractivity contribution in [3.05, 3.63) is 0 Å². The molecule has 2 rings (SSSR count). The summed E-state index contributed by atoms with van der Waals surface area (Å²) >= 11 is 1.95. The average molecular weight is 174 g/mol. The predicted octanol–water partition coefficient (Wildman–Crippen LogP) is -0.327. The molecule has 0 aliphatic carbocycles. The number of hydrogen-bond donors (Lipinski definition) is 2. The van der Waals surface area contributed by atoms with Crippen molar-refractivity contribution in [2.24, 2.45) is 0 Å². The fraction of sp³-hybridized carbons (Fsp3) is 1.00. The number of rotatable bonds is 1. The lowest BCUT2D eigenvalue weighted by Gasteiger charge is -2.21. The summed E-state index contributed by atoms with van der Waals surface area (Å²) in [6, 6.07) is 0. The molecule has 2 saturated heterocycles. The third-order valence-corrected chi connectivity index (χ3v) is 3.44. The maximum Gasteiger partial charge on any atom is 0.108 e. The van der Waals surface area contributed by atoms with Crippen LogP contribution in [0.2, 0.25) is 0 Å². The summed E-state index contributed by atoms with van der Waals surface area (Å²) in [4.78, 5) is 2.32. The molecule has 3 nitrogen and oxygen atoms in total. The summed E-state index contributed by atoms with van der Waals surface area (Å²) in [7, 11) is 0. The molecule has 0 saturated carbocycles. The van der Waals surface area contributed by atoms with Gasteiger partial charge in [-0.15, -0.1) is 11.8 Å². The number of aliphatic hydroxyl groups is 1. The Balaban J connectivity index is 1.85. The molecule has 2 atom stereocenters. The Bertz CT molecular complexity index is 138. The van der Waals surface area contributed by atoms with Gasteiger partial charge in [0, 0.05) is 25.4 Å². The highest BCUT2D eigenvalue weighted by molar-refractivity contribution is 8.00. The van der Waals surface area contributed by atoms with Gasteiger partial charge in [-0.05, 0) is 6.42 Å². The summed E-state index contributed by atoms with van der Waals surface area (Å²) in [6.07, 6.45) is 0.858. The Kier molecular flexibility index (Phi) is 2.36. The van der Waals surface area contributed by atoms with Crippen LogP contribution in [0.3, 0.4) is 0 Å². The van der Waals surface area contributed by atoms with E-state index in [-0.39, 0.29) is 6.10 Å². The molecule has 0 aromatic carbocycles. The van der Waals surface area contributed by atoms with Gasteiger partial charge in [0.15, 0.2) is 0 Å². The van der Waals surface area contributed by atoms with Crippen LogP contribution < -0.4 is 5.32 Å². The van der Waals surface area contributed by atoms with E-state index in [9.17, 15) is 5.11 Å². The molecule has 11 heavy (non-hydrogen) atoms. The van der Waals surface area contributed by atoms with Crippen LogP contribution in [-0.4, -0.2) is 47.0 Å². The van der Waals surface area contributed by atoms with Crippen LogP contribution in [0.4, 0.5) is 0 Å². The van der Waals surface area contributed by atoms with Crippen molar-refractivity contribution in [1.29, 1.82) is 0 Å². The summed E-state index contributed by atoms with van der Waals surface area (Å²) in [5.41, 5.74) is 0.479. The third-order valence-electron chi connectivity index (χ3n) is 2.22. The molecular weight excluding hydrogens is 160 g/mol. The van der Waals surface area contributed by atoms with Gasteiger partial charge in [0.05, 0.1) is 6.10 Å². The zero-order valence-electron chi connectivity index (χ0n) is 6.49. The molecule has 0 aromatic heterocycles. The van der Waals surface area contributed by atoms with Gasteiger partial charge in [-0.25, -0.2) is 0 Å². The molecule has 0 bridgehead atoms. The van der Waals surface area contributed by atoms with Gasteiger partial charge < -0.3 is 5.11 Å². The van der Waals surface area contributed by atoms with Gasteiger partial charge in [0.2, 0.25) is 0 Å². The highest BCUT2D eigenvalue weighted by Gasteiger charge is 2.28. The van der Waals surface area contributed by atoms with Gasteiger partial charge in [-0.3, -0.25) is 10.2 Å². The fourth-order valence-corrected chi connectivity index (χ4v) is 2.72. The van der Waals surface area contributed by atoms with Gasteiger partial charge in [-0.1, -0.05) is 0 Å². The van der Waals surface area contributed by atoms with E-state index < -0.39 is 0 Å². The molecule has 0 spiro atoms. The zero-order chi connectivity index (χ0) is 7.68. The first-order valence-corrected chi connectivity index (χ1v) is 5.18. The number of aliphatic hydroxyl groups excluding tert-OH is 1. The Morgan fingerprint density at radius 2 is 2.45 bits per heavy atom. The second-order valence-electron chi connectivity index (χ2n) is 3.11. The number of hydrogen-bond acceptors (Lipinski definition) is 4. The van der Waals surface area contributed by atoms with Gasteiger partial charge in [0.25, 0.3) is 0 Å². The molecule has 2 aliphatic rings. The van der Waals surface area contributed by atoms with Crippen molar-refractivity contribution in [3.63, 3.8) is 0 Å². The standard InChI is InChI=1S/C7H14N2OS/c10-6-1-3-9(5-6)7-8-2-4-11-7/h6-8,10H,1-5H2. The molecule has 2 N–H and O–H groups in total.